The summed E-state index contributed by atoms with van der Waals surface area (Å²) < 4.78 is 16.1. The summed E-state index contributed by atoms with van der Waals surface area (Å²) >= 11 is 0. The molecule has 0 unspecified atom stereocenters. The minimum Gasteiger partial charge on any atom is -0.494 e. The Morgan fingerprint density at radius 2 is 2.04 bits per heavy atom. The number of nitrogens with zero attached hydrogens (tertiary/aromatic N) is 1. The number of carbonyl (C=O) groups excluding carboxylic acids is 1. The molecule has 0 saturated heterocycles. The summed E-state index contributed by atoms with van der Waals surface area (Å²) in [5.41, 5.74) is 0.754. The van der Waals surface area contributed by atoms with E-state index in [1.807, 2.05) is 31.2 Å². The van der Waals surface area contributed by atoms with Gasteiger partial charge in [0.25, 0.3) is 0 Å². The molecule has 2 heterocycles. The number of carbonyl (C=O) groups is 1. The molecule has 3 aromatic rings. The molecule has 6 heteroatoms. The van der Waals surface area contributed by atoms with E-state index in [1.165, 1.54) is 0 Å². The molecule has 25 heavy (non-hydrogen) atoms. The van der Waals surface area contributed by atoms with Gasteiger partial charge in [-0.25, -0.2) is 0 Å². The molecule has 2 aromatic heterocycles. The van der Waals surface area contributed by atoms with Crippen LogP contribution in [0.3, 0.4) is 0 Å². The molecule has 1 amide bonds. The maximum Gasteiger partial charge on any atom is 0.236 e. The van der Waals surface area contributed by atoms with E-state index < -0.39 is 5.41 Å². The topological polar surface area (TPSA) is 77.5 Å². The van der Waals surface area contributed by atoms with E-state index in [2.05, 4.69) is 10.5 Å². The minimum absolute atomic E-state index is 0.0732. The molecule has 0 spiro atoms. The quantitative estimate of drug-likeness (QED) is 0.735. The first-order valence-electron chi connectivity index (χ1n) is 8.27. The number of rotatable bonds is 6. The monoisotopic (exact) mass is 338 g/mol. The SMILES string of the molecule is CCOc1ccc(NC(=O)C2(c3cc(-c4ccco4)on3)CC2)cc1. The summed E-state index contributed by atoms with van der Waals surface area (Å²) in [5, 5.41) is 7.05. The molecule has 1 aromatic carbocycles. The number of aromatic nitrogens is 1. The molecule has 1 fully saturated rings. The maximum absolute atomic E-state index is 12.8. The van der Waals surface area contributed by atoms with Crippen LogP contribution >= 0.6 is 0 Å². The summed E-state index contributed by atoms with van der Waals surface area (Å²) in [4.78, 5) is 12.8. The zero-order chi connectivity index (χ0) is 17.3. The number of benzene rings is 1. The second kappa shape index (κ2) is 6.12. The number of anilines is 1. The lowest BCUT2D eigenvalue weighted by atomic mass is 10.0. The van der Waals surface area contributed by atoms with Crippen LogP contribution in [0.5, 0.6) is 5.75 Å². The van der Waals surface area contributed by atoms with Crippen molar-refractivity contribution in [3.63, 3.8) is 0 Å². The highest BCUT2D eigenvalue weighted by Crippen LogP contribution is 2.49. The fourth-order valence-corrected chi connectivity index (χ4v) is 2.81. The third kappa shape index (κ3) is 2.91. The van der Waals surface area contributed by atoms with Gasteiger partial charge in [0.15, 0.2) is 5.76 Å². The van der Waals surface area contributed by atoms with Crippen LogP contribution in [-0.2, 0) is 10.2 Å². The van der Waals surface area contributed by atoms with Crippen molar-refractivity contribution in [1.29, 1.82) is 0 Å². The van der Waals surface area contributed by atoms with Gasteiger partial charge in [-0.3, -0.25) is 4.79 Å². The first kappa shape index (κ1) is 15.5. The predicted octanol–water partition coefficient (Wildman–Crippen LogP) is 4.00. The molecule has 4 rings (SSSR count). The molecule has 1 aliphatic carbocycles. The predicted molar refractivity (Wildman–Crippen MR) is 91.4 cm³/mol. The van der Waals surface area contributed by atoms with Crippen molar-refractivity contribution in [2.45, 2.75) is 25.2 Å². The van der Waals surface area contributed by atoms with Crippen LogP contribution in [0.25, 0.3) is 11.5 Å². The molecule has 0 atom stereocenters. The smallest absolute Gasteiger partial charge is 0.236 e. The van der Waals surface area contributed by atoms with Crippen molar-refractivity contribution in [2.24, 2.45) is 0 Å². The van der Waals surface area contributed by atoms with Crippen molar-refractivity contribution in [3.05, 3.63) is 54.4 Å². The molecule has 0 aliphatic heterocycles. The van der Waals surface area contributed by atoms with Gasteiger partial charge < -0.3 is 19.0 Å². The van der Waals surface area contributed by atoms with E-state index in [4.69, 9.17) is 13.7 Å². The van der Waals surface area contributed by atoms with Crippen LogP contribution in [0.4, 0.5) is 5.69 Å². The molecule has 1 N–H and O–H groups in total. The highest BCUT2D eigenvalue weighted by molar-refractivity contribution is 6.01. The van der Waals surface area contributed by atoms with Gasteiger partial charge in [0.05, 0.1) is 24.0 Å². The van der Waals surface area contributed by atoms with Crippen molar-refractivity contribution in [2.75, 3.05) is 11.9 Å². The molecule has 6 nitrogen and oxygen atoms in total. The normalized spacial score (nSPS) is 14.9. The number of hydrogen-bond acceptors (Lipinski definition) is 5. The fourth-order valence-electron chi connectivity index (χ4n) is 2.81. The van der Waals surface area contributed by atoms with Crippen LogP contribution in [0.1, 0.15) is 25.5 Å². The number of nitrogens with one attached hydrogen (secondary N) is 1. The first-order chi connectivity index (χ1) is 12.2. The summed E-state index contributed by atoms with van der Waals surface area (Å²) in [6.45, 7) is 2.54. The zero-order valence-corrected chi connectivity index (χ0v) is 13.8. The van der Waals surface area contributed by atoms with Gasteiger partial charge in [-0.2, -0.15) is 0 Å². The maximum atomic E-state index is 12.8. The average Bonchev–Trinajstić information content (AvgIpc) is 3.04. The second-order valence-corrected chi connectivity index (χ2v) is 6.05. The van der Waals surface area contributed by atoms with Crippen LogP contribution < -0.4 is 10.1 Å². The lowest BCUT2D eigenvalue weighted by molar-refractivity contribution is -0.118. The number of amides is 1. The van der Waals surface area contributed by atoms with E-state index in [-0.39, 0.29) is 5.91 Å². The highest BCUT2D eigenvalue weighted by atomic mass is 16.5. The Morgan fingerprint density at radius 3 is 2.68 bits per heavy atom. The van der Waals surface area contributed by atoms with Gasteiger partial charge in [-0.15, -0.1) is 0 Å². The molecule has 0 bridgehead atoms. The third-order valence-electron chi connectivity index (χ3n) is 4.37. The van der Waals surface area contributed by atoms with Crippen molar-refractivity contribution in [1.82, 2.24) is 5.16 Å². The summed E-state index contributed by atoms with van der Waals surface area (Å²) in [5.74, 6) is 1.83. The van der Waals surface area contributed by atoms with E-state index in [0.29, 0.717) is 23.8 Å². The van der Waals surface area contributed by atoms with E-state index >= 15 is 0 Å². The minimum atomic E-state index is -0.618. The summed E-state index contributed by atoms with van der Waals surface area (Å²) in [6.07, 6.45) is 3.07. The Labute approximate surface area is 144 Å². The Kier molecular flexibility index (Phi) is 3.80. The number of furan rings is 1. The van der Waals surface area contributed by atoms with Crippen molar-refractivity contribution >= 4 is 11.6 Å². The number of ether oxygens (including phenoxy) is 1. The van der Waals surface area contributed by atoms with Crippen LogP contribution in [-0.4, -0.2) is 17.7 Å². The first-order valence-corrected chi connectivity index (χ1v) is 8.27. The highest BCUT2D eigenvalue weighted by Gasteiger charge is 2.54. The average molecular weight is 338 g/mol. The number of hydrogen-bond donors (Lipinski definition) is 1. The zero-order valence-electron chi connectivity index (χ0n) is 13.8. The fraction of sp³-hybridized carbons (Fsp3) is 0.263. The summed E-state index contributed by atoms with van der Waals surface area (Å²) in [6, 6.07) is 12.7. The molecule has 1 saturated carbocycles. The van der Waals surface area contributed by atoms with Crippen LogP contribution in [0.15, 0.2) is 57.7 Å². The lowest BCUT2D eigenvalue weighted by Gasteiger charge is -2.13. The largest absolute Gasteiger partial charge is 0.494 e. The summed E-state index contributed by atoms with van der Waals surface area (Å²) in [7, 11) is 0. The van der Waals surface area contributed by atoms with Gasteiger partial charge in [0.1, 0.15) is 5.75 Å². The van der Waals surface area contributed by atoms with E-state index in [9.17, 15) is 4.79 Å². The molecular formula is C19H18N2O4. The molecule has 1 aliphatic rings. The third-order valence-corrected chi connectivity index (χ3v) is 4.37. The van der Waals surface area contributed by atoms with Gasteiger partial charge in [0.2, 0.25) is 11.7 Å². The van der Waals surface area contributed by atoms with Gasteiger partial charge in [0, 0.05) is 11.8 Å². The molecule has 0 radical (unpaired) electrons. The Morgan fingerprint density at radius 1 is 1.24 bits per heavy atom. The molecule has 128 valence electrons. The Hall–Kier alpha value is -3.02. The van der Waals surface area contributed by atoms with Gasteiger partial charge in [-0.1, -0.05) is 5.16 Å². The lowest BCUT2D eigenvalue weighted by Crippen LogP contribution is -2.28. The van der Waals surface area contributed by atoms with Crippen LogP contribution in [0.2, 0.25) is 0 Å². The van der Waals surface area contributed by atoms with Crippen LogP contribution in [0, 0.1) is 0 Å². The van der Waals surface area contributed by atoms with Gasteiger partial charge >= 0.3 is 0 Å². The van der Waals surface area contributed by atoms with Crippen molar-refractivity contribution in [3.8, 4) is 17.3 Å². The van der Waals surface area contributed by atoms with E-state index in [0.717, 1.165) is 24.3 Å². The Balaban J connectivity index is 1.49. The van der Waals surface area contributed by atoms with Crippen molar-refractivity contribution < 1.29 is 18.5 Å². The van der Waals surface area contributed by atoms with E-state index in [1.54, 1.807) is 24.5 Å². The standard InChI is InChI=1S/C19H18N2O4/c1-2-23-14-7-5-13(6-8-14)20-18(22)19(9-10-19)17-12-16(25-21-17)15-4-3-11-24-15/h3-8,11-12H,2,9-10H2,1H3,(H,20,22). The Bertz CT molecular complexity index is 861. The second-order valence-electron chi connectivity index (χ2n) is 6.05. The molecular weight excluding hydrogens is 320 g/mol. The van der Waals surface area contributed by atoms with Gasteiger partial charge in [-0.05, 0) is 56.2 Å².